The van der Waals surface area contributed by atoms with E-state index in [-0.39, 0.29) is 17.6 Å². The van der Waals surface area contributed by atoms with Crippen LogP contribution in [0.3, 0.4) is 0 Å². The number of carbonyl (C=O) groups is 2. The molecule has 160 valence electrons. The predicted molar refractivity (Wildman–Crippen MR) is 113 cm³/mol. The molecule has 2 saturated heterocycles. The Kier molecular flexibility index (Phi) is 7.09. The van der Waals surface area contributed by atoms with Crippen molar-refractivity contribution in [2.24, 2.45) is 0 Å². The van der Waals surface area contributed by atoms with Crippen molar-refractivity contribution in [1.29, 1.82) is 0 Å². The number of nitrogens with zero attached hydrogens (tertiary/aromatic N) is 3. The fraction of sp³-hybridized carbons (Fsp3) is 0.579. The van der Waals surface area contributed by atoms with Crippen molar-refractivity contribution in [3.8, 4) is 0 Å². The summed E-state index contributed by atoms with van der Waals surface area (Å²) < 4.78 is 26.3. The molecule has 2 heterocycles. The Bertz CT molecular complexity index is 865. The summed E-state index contributed by atoms with van der Waals surface area (Å²) >= 11 is 12.0. The van der Waals surface area contributed by atoms with E-state index in [1.165, 1.54) is 4.31 Å². The first kappa shape index (κ1) is 22.3. The second-order valence-electron chi connectivity index (χ2n) is 7.36. The molecule has 0 bridgehead atoms. The van der Waals surface area contributed by atoms with E-state index < -0.39 is 16.1 Å². The molecule has 0 radical (unpaired) electrons. The average molecular weight is 462 g/mol. The third-order valence-electron chi connectivity index (χ3n) is 5.30. The monoisotopic (exact) mass is 461 g/mol. The Morgan fingerprint density at radius 1 is 1.00 bits per heavy atom. The molecular formula is C19H25Cl2N3O4S. The topological polar surface area (TPSA) is 78.0 Å². The van der Waals surface area contributed by atoms with Crippen LogP contribution in [0, 0.1) is 0 Å². The molecule has 1 aromatic carbocycles. The molecule has 0 N–H and O–H groups in total. The van der Waals surface area contributed by atoms with Gasteiger partial charge in [-0.1, -0.05) is 30.1 Å². The second-order valence-corrected chi connectivity index (χ2v) is 10.3. The molecule has 2 aliphatic rings. The predicted octanol–water partition coefficient (Wildman–Crippen LogP) is 2.48. The molecule has 0 aromatic heterocycles. The summed E-state index contributed by atoms with van der Waals surface area (Å²) in [6.07, 6.45) is 1.75. The standard InChI is InChI=1S/C19H25Cl2N3O4S/c1-2-10-29(27,28)24-5-3-4-17(24)19(26)23-8-6-22(7-9-23)18(25)14-11-15(20)13-16(21)12-14/h11-13,17H,2-10H2,1H3. The summed E-state index contributed by atoms with van der Waals surface area (Å²) in [7, 11) is -3.42. The van der Waals surface area contributed by atoms with Gasteiger partial charge in [-0.15, -0.1) is 0 Å². The van der Waals surface area contributed by atoms with Crippen LogP contribution in [0.2, 0.25) is 10.0 Å². The molecule has 2 fully saturated rings. The maximum absolute atomic E-state index is 13.0. The highest BCUT2D eigenvalue weighted by atomic mass is 35.5. The maximum atomic E-state index is 13.0. The number of piperazine rings is 1. The first-order valence-electron chi connectivity index (χ1n) is 9.76. The number of benzene rings is 1. The lowest BCUT2D eigenvalue weighted by molar-refractivity contribution is -0.136. The van der Waals surface area contributed by atoms with Crippen molar-refractivity contribution in [3.63, 3.8) is 0 Å². The zero-order valence-corrected chi connectivity index (χ0v) is 18.6. The molecule has 3 rings (SSSR count). The van der Waals surface area contributed by atoms with Gasteiger partial charge in [0.05, 0.1) is 5.75 Å². The minimum absolute atomic E-state index is 0.0568. The van der Waals surface area contributed by atoms with Gasteiger partial charge in [0.1, 0.15) is 6.04 Å². The van der Waals surface area contributed by atoms with E-state index in [1.807, 2.05) is 6.92 Å². The Labute approximate surface area is 181 Å². The van der Waals surface area contributed by atoms with Crippen LogP contribution in [0.5, 0.6) is 0 Å². The largest absolute Gasteiger partial charge is 0.338 e. The highest BCUT2D eigenvalue weighted by Gasteiger charge is 2.40. The normalized spacial score (nSPS) is 20.9. The number of sulfonamides is 1. The number of rotatable bonds is 5. The SMILES string of the molecule is CCCS(=O)(=O)N1CCCC1C(=O)N1CCN(C(=O)c2cc(Cl)cc(Cl)c2)CC1. The van der Waals surface area contributed by atoms with Crippen LogP contribution in [0.25, 0.3) is 0 Å². The third-order valence-corrected chi connectivity index (χ3v) is 7.81. The van der Waals surface area contributed by atoms with Gasteiger partial charge in [-0.3, -0.25) is 9.59 Å². The van der Waals surface area contributed by atoms with Gasteiger partial charge in [-0.05, 0) is 37.5 Å². The van der Waals surface area contributed by atoms with Crippen molar-refractivity contribution in [1.82, 2.24) is 14.1 Å². The molecule has 7 nitrogen and oxygen atoms in total. The van der Waals surface area contributed by atoms with Gasteiger partial charge < -0.3 is 9.80 Å². The molecule has 0 aliphatic carbocycles. The third kappa shape index (κ3) is 5.05. The highest BCUT2D eigenvalue weighted by molar-refractivity contribution is 7.89. The Morgan fingerprint density at radius 3 is 2.17 bits per heavy atom. The summed E-state index contributed by atoms with van der Waals surface area (Å²) in [4.78, 5) is 29.0. The zero-order chi connectivity index (χ0) is 21.2. The van der Waals surface area contributed by atoms with Crippen LogP contribution in [-0.4, -0.2) is 78.9 Å². The number of halogens is 2. The van der Waals surface area contributed by atoms with Gasteiger partial charge in [0.15, 0.2) is 0 Å². The lowest BCUT2D eigenvalue weighted by Crippen LogP contribution is -2.55. The maximum Gasteiger partial charge on any atom is 0.254 e. The van der Waals surface area contributed by atoms with Crippen LogP contribution >= 0.6 is 23.2 Å². The molecule has 29 heavy (non-hydrogen) atoms. The van der Waals surface area contributed by atoms with Gasteiger partial charge in [-0.2, -0.15) is 4.31 Å². The molecule has 1 unspecified atom stereocenters. The molecule has 1 atom stereocenters. The van der Waals surface area contributed by atoms with Crippen LogP contribution < -0.4 is 0 Å². The van der Waals surface area contributed by atoms with E-state index in [4.69, 9.17) is 23.2 Å². The molecule has 1 aromatic rings. The summed E-state index contributed by atoms with van der Waals surface area (Å²) in [5.74, 6) is -0.295. The summed E-state index contributed by atoms with van der Waals surface area (Å²) in [5.41, 5.74) is 0.412. The zero-order valence-electron chi connectivity index (χ0n) is 16.3. The summed E-state index contributed by atoms with van der Waals surface area (Å²) in [5, 5.41) is 0.786. The van der Waals surface area contributed by atoms with Crippen molar-refractivity contribution < 1.29 is 18.0 Å². The quantitative estimate of drug-likeness (QED) is 0.674. The number of hydrogen-bond donors (Lipinski definition) is 0. The molecule has 2 amide bonds. The van der Waals surface area contributed by atoms with Gasteiger partial charge in [0.25, 0.3) is 5.91 Å². The second kappa shape index (κ2) is 9.20. The molecule has 2 aliphatic heterocycles. The summed E-state index contributed by atoms with van der Waals surface area (Å²) in [6.45, 7) is 3.71. The van der Waals surface area contributed by atoms with Gasteiger partial charge in [0, 0.05) is 48.3 Å². The minimum atomic E-state index is -3.42. The van der Waals surface area contributed by atoms with Crippen molar-refractivity contribution in [2.75, 3.05) is 38.5 Å². The van der Waals surface area contributed by atoms with Crippen molar-refractivity contribution in [3.05, 3.63) is 33.8 Å². The van der Waals surface area contributed by atoms with Crippen LogP contribution in [-0.2, 0) is 14.8 Å². The van der Waals surface area contributed by atoms with E-state index in [1.54, 1.807) is 28.0 Å². The van der Waals surface area contributed by atoms with Gasteiger partial charge >= 0.3 is 0 Å². The smallest absolute Gasteiger partial charge is 0.254 e. The molecule has 0 spiro atoms. The van der Waals surface area contributed by atoms with Crippen molar-refractivity contribution in [2.45, 2.75) is 32.2 Å². The first-order valence-corrected chi connectivity index (χ1v) is 12.1. The average Bonchev–Trinajstić information content (AvgIpc) is 3.17. The van der Waals surface area contributed by atoms with E-state index in [9.17, 15) is 18.0 Å². The highest BCUT2D eigenvalue weighted by Crippen LogP contribution is 2.25. The van der Waals surface area contributed by atoms with E-state index >= 15 is 0 Å². The van der Waals surface area contributed by atoms with E-state index in [0.29, 0.717) is 67.6 Å². The Balaban J connectivity index is 1.63. The number of amides is 2. The first-order chi connectivity index (χ1) is 13.7. The number of hydrogen-bond acceptors (Lipinski definition) is 4. The Morgan fingerprint density at radius 2 is 1.59 bits per heavy atom. The van der Waals surface area contributed by atoms with Crippen LogP contribution in [0.1, 0.15) is 36.5 Å². The van der Waals surface area contributed by atoms with Gasteiger partial charge in [0.2, 0.25) is 15.9 Å². The van der Waals surface area contributed by atoms with Gasteiger partial charge in [-0.25, -0.2) is 8.42 Å². The Hall–Kier alpha value is -1.35. The van der Waals surface area contributed by atoms with Crippen molar-refractivity contribution >= 4 is 45.0 Å². The van der Waals surface area contributed by atoms with Crippen LogP contribution in [0.15, 0.2) is 18.2 Å². The van der Waals surface area contributed by atoms with Crippen LogP contribution in [0.4, 0.5) is 0 Å². The van der Waals surface area contributed by atoms with E-state index in [2.05, 4.69) is 0 Å². The lowest BCUT2D eigenvalue weighted by Gasteiger charge is -2.37. The fourth-order valence-corrected chi connectivity index (χ4v) is 6.16. The number of carbonyl (C=O) groups excluding carboxylic acids is 2. The lowest BCUT2D eigenvalue weighted by atomic mass is 10.1. The molecule has 10 heteroatoms. The molecular weight excluding hydrogens is 437 g/mol. The minimum Gasteiger partial charge on any atom is -0.338 e. The van der Waals surface area contributed by atoms with E-state index in [0.717, 1.165) is 0 Å². The molecule has 0 saturated carbocycles. The summed E-state index contributed by atoms with van der Waals surface area (Å²) in [6, 6.07) is 4.08. The fourth-order valence-electron chi connectivity index (χ4n) is 3.90.